The van der Waals surface area contributed by atoms with Crippen molar-refractivity contribution in [3.63, 3.8) is 0 Å². The maximum atomic E-state index is 6.46. The van der Waals surface area contributed by atoms with Crippen molar-refractivity contribution < 1.29 is 4.74 Å². The quantitative estimate of drug-likeness (QED) is 0.866. The molecule has 2 N–H and O–H groups in total. The van der Waals surface area contributed by atoms with E-state index in [9.17, 15) is 0 Å². The zero-order chi connectivity index (χ0) is 14.5. The maximum Gasteiger partial charge on any atom is 0.123 e. The molecule has 3 nitrogen and oxygen atoms in total. The van der Waals surface area contributed by atoms with E-state index in [-0.39, 0.29) is 6.04 Å². The second-order valence-corrected chi connectivity index (χ2v) is 5.88. The van der Waals surface area contributed by atoms with E-state index in [4.69, 9.17) is 10.5 Å². The number of hydrogen-bond acceptors (Lipinski definition) is 3. The topological polar surface area (TPSA) is 38.5 Å². The first kappa shape index (κ1) is 15.3. The molecule has 0 spiro atoms. The van der Waals surface area contributed by atoms with Gasteiger partial charge in [0, 0.05) is 24.2 Å². The second-order valence-electron chi connectivity index (χ2n) is 5.88. The third-order valence-corrected chi connectivity index (χ3v) is 4.46. The van der Waals surface area contributed by atoms with Crippen LogP contribution in [-0.4, -0.2) is 31.1 Å². The molecule has 1 atom stereocenters. The van der Waals surface area contributed by atoms with E-state index in [0.717, 1.165) is 30.4 Å². The largest absolute Gasteiger partial charge is 0.496 e. The van der Waals surface area contributed by atoms with Gasteiger partial charge in [0.1, 0.15) is 5.75 Å². The highest BCUT2D eigenvalue weighted by Gasteiger charge is 2.24. The Morgan fingerprint density at radius 1 is 1.35 bits per heavy atom. The summed E-state index contributed by atoms with van der Waals surface area (Å²) in [5, 5.41) is 0. The zero-order valence-electron chi connectivity index (χ0n) is 13.1. The lowest BCUT2D eigenvalue weighted by Gasteiger charge is -2.30. The van der Waals surface area contributed by atoms with Crippen molar-refractivity contribution in [2.45, 2.75) is 51.6 Å². The standard InChI is InChI=1S/C17H28N2O/c1-4-19(14-7-5-6-8-14)12-16(18)15-11-13(2)9-10-17(15)20-3/h9-11,14,16H,4-8,12,18H2,1-3H3. The highest BCUT2D eigenvalue weighted by molar-refractivity contribution is 5.39. The zero-order valence-corrected chi connectivity index (χ0v) is 13.1. The molecule has 0 aliphatic heterocycles. The summed E-state index contributed by atoms with van der Waals surface area (Å²) in [5.41, 5.74) is 8.83. The van der Waals surface area contributed by atoms with Gasteiger partial charge in [-0.15, -0.1) is 0 Å². The van der Waals surface area contributed by atoms with Crippen LogP contribution in [0.15, 0.2) is 18.2 Å². The molecule has 1 unspecified atom stereocenters. The summed E-state index contributed by atoms with van der Waals surface area (Å²) in [4.78, 5) is 2.54. The normalized spacial score (nSPS) is 17.6. The van der Waals surface area contributed by atoms with E-state index in [1.165, 1.54) is 31.2 Å². The molecule has 112 valence electrons. The van der Waals surface area contributed by atoms with E-state index >= 15 is 0 Å². The molecule has 0 radical (unpaired) electrons. The van der Waals surface area contributed by atoms with Gasteiger partial charge in [-0.1, -0.05) is 37.5 Å². The van der Waals surface area contributed by atoms with Crippen molar-refractivity contribution >= 4 is 0 Å². The molecule has 0 amide bonds. The Labute approximate surface area is 123 Å². The molecule has 0 aromatic heterocycles. The number of benzene rings is 1. The second kappa shape index (κ2) is 7.09. The molecule has 1 aromatic carbocycles. The van der Waals surface area contributed by atoms with Crippen molar-refractivity contribution in [1.29, 1.82) is 0 Å². The SMILES string of the molecule is CCN(CC(N)c1cc(C)ccc1OC)C1CCCC1. The number of nitrogens with two attached hydrogens (primary N) is 1. The third-order valence-electron chi connectivity index (χ3n) is 4.46. The number of aryl methyl sites for hydroxylation is 1. The number of rotatable bonds is 6. The minimum absolute atomic E-state index is 0.0189. The first-order valence-corrected chi connectivity index (χ1v) is 7.79. The summed E-state index contributed by atoms with van der Waals surface area (Å²) in [7, 11) is 1.72. The van der Waals surface area contributed by atoms with Crippen LogP contribution in [0.3, 0.4) is 0 Å². The minimum Gasteiger partial charge on any atom is -0.496 e. The molecule has 1 aromatic rings. The summed E-state index contributed by atoms with van der Waals surface area (Å²) in [6, 6.07) is 7.00. The lowest BCUT2D eigenvalue weighted by Crippen LogP contribution is -2.38. The molecule has 1 saturated carbocycles. The van der Waals surface area contributed by atoms with E-state index < -0.39 is 0 Å². The molecule has 0 heterocycles. The van der Waals surface area contributed by atoms with Crippen molar-refractivity contribution in [3.8, 4) is 5.75 Å². The molecule has 2 rings (SSSR count). The van der Waals surface area contributed by atoms with Crippen LogP contribution in [0.1, 0.15) is 49.8 Å². The molecular formula is C17H28N2O. The highest BCUT2D eigenvalue weighted by atomic mass is 16.5. The molecule has 1 aliphatic rings. The predicted molar refractivity (Wildman–Crippen MR) is 84.2 cm³/mol. The van der Waals surface area contributed by atoms with Gasteiger partial charge in [-0.05, 0) is 32.4 Å². The molecular weight excluding hydrogens is 248 g/mol. The molecule has 0 bridgehead atoms. The van der Waals surface area contributed by atoms with Gasteiger partial charge in [0.2, 0.25) is 0 Å². The van der Waals surface area contributed by atoms with E-state index in [1.54, 1.807) is 7.11 Å². The highest BCUT2D eigenvalue weighted by Crippen LogP contribution is 2.28. The smallest absolute Gasteiger partial charge is 0.123 e. The number of likely N-dealkylation sites (N-methyl/N-ethyl adjacent to an activating group) is 1. The van der Waals surface area contributed by atoms with Gasteiger partial charge in [0.05, 0.1) is 7.11 Å². The van der Waals surface area contributed by atoms with Crippen LogP contribution in [0, 0.1) is 6.92 Å². The van der Waals surface area contributed by atoms with Crippen LogP contribution in [0.4, 0.5) is 0 Å². The molecule has 0 saturated heterocycles. The summed E-state index contributed by atoms with van der Waals surface area (Å²) in [6.07, 6.45) is 5.38. The van der Waals surface area contributed by atoms with Gasteiger partial charge in [0.25, 0.3) is 0 Å². The maximum absolute atomic E-state index is 6.46. The predicted octanol–water partition coefficient (Wildman–Crippen LogP) is 3.27. The van der Waals surface area contributed by atoms with E-state index in [2.05, 4.69) is 30.9 Å². The van der Waals surface area contributed by atoms with Crippen molar-refractivity contribution in [2.75, 3.05) is 20.2 Å². The van der Waals surface area contributed by atoms with Gasteiger partial charge < -0.3 is 10.5 Å². The lowest BCUT2D eigenvalue weighted by atomic mass is 10.0. The summed E-state index contributed by atoms with van der Waals surface area (Å²) in [5.74, 6) is 0.908. The molecule has 1 aliphatic carbocycles. The first-order valence-electron chi connectivity index (χ1n) is 7.79. The Balaban J connectivity index is 2.09. The van der Waals surface area contributed by atoms with Gasteiger partial charge in [-0.2, -0.15) is 0 Å². The van der Waals surface area contributed by atoms with Gasteiger partial charge in [-0.25, -0.2) is 0 Å². The van der Waals surface area contributed by atoms with Crippen LogP contribution >= 0.6 is 0 Å². The Kier molecular flexibility index (Phi) is 5.44. The fraction of sp³-hybridized carbons (Fsp3) is 0.647. The van der Waals surface area contributed by atoms with Crippen molar-refractivity contribution in [3.05, 3.63) is 29.3 Å². The summed E-state index contributed by atoms with van der Waals surface area (Å²) >= 11 is 0. The number of ether oxygens (including phenoxy) is 1. The third kappa shape index (κ3) is 3.53. The lowest BCUT2D eigenvalue weighted by molar-refractivity contribution is 0.196. The van der Waals surface area contributed by atoms with Crippen molar-refractivity contribution in [2.24, 2.45) is 5.73 Å². The monoisotopic (exact) mass is 276 g/mol. The Hall–Kier alpha value is -1.06. The van der Waals surface area contributed by atoms with E-state index in [0.29, 0.717) is 0 Å². The van der Waals surface area contributed by atoms with Crippen LogP contribution < -0.4 is 10.5 Å². The number of nitrogens with zero attached hydrogens (tertiary/aromatic N) is 1. The first-order chi connectivity index (χ1) is 9.65. The molecule has 3 heteroatoms. The van der Waals surface area contributed by atoms with Gasteiger partial charge in [0.15, 0.2) is 0 Å². The Morgan fingerprint density at radius 3 is 2.65 bits per heavy atom. The fourth-order valence-corrected chi connectivity index (χ4v) is 3.30. The summed E-state index contributed by atoms with van der Waals surface area (Å²) < 4.78 is 5.46. The average Bonchev–Trinajstić information content (AvgIpc) is 2.98. The Morgan fingerprint density at radius 2 is 2.05 bits per heavy atom. The van der Waals surface area contributed by atoms with Crippen LogP contribution in [0.5, 0.6) is 5.75 Å². The Bertz CT molecular complexity index is 427. The van der Waals surface area contributed by atoms with E-state index in [1.807, 2.05) is 6.07 Å². The average molecular weight is 276 g/mol. The molecule has 20 heavy (non-hydrogen) atoms. The van der Waals surface area contributed by atoms with Gasteiger partial charge in [-0.3, -0.25) is 4.90 Å². The minimum atomic E-state index is 0.0189. The van der Waals surface area contributed by atoms with Crippen LogP contribution in [0.2, 0.25) is 0 Å². The van der Waals surface area contributed by atoms with Crippen molar-refractivity contribution in [1.82, 2.24) is 4.90 Å². The number of hydrogen-bond donors (Lipinski definition) is 1. The summed E-state index contributed by atoms with van der Waals surface area (Å²) in [6.45, 7) is 6.33. The fourth-order valence-electron chi connectivity index (χ4n) is 3.30. The number of methoxy groups -OCH3 is 1. The van der Waals surface area contributed by atoms with Crippen LogP contribution in [-0.2, 0) is 0 Å². The molecule has 1 fully saturated rings. The van der Waals surface area contributed by atoms with Gasteiger partial charge >= 0.3 is 0 Å². The van der Waals surface area contributed by atoms with Crippen LogP contribution in [0.25, 0.3) is 0 Å².